The van der Waals surface area contributed by atoms with Gasteiger partial charge in [-0.25, -0.2) is 0 Å². The molecule has 0 aliphatic rings. The fourth-order valence-electron chi connectivity index (χ4n) is 1.40. The zero-order chi connectivity index (χ0) is 19.7. The summed E-state index contributed by atoms with van der Waals surface area (Å²) in [6.45, 7) is 0.233. The molecule has 0 saturated carbocycles. The van der Waals surface area contributed by atoms with Crippen LogP contribution in [0, 0.1) is 0 Å². The Kier molecular flexibility index (Phi) is 13.5. The van der Waals surface area contributed by atoms with Crippen LogP contribution in [-0.4, -0.2) is 78.6 Å². The minimum absolute atomic E-state index is 0.116. The van der Waals surface area contributed by atoms with Gasteiger partial charge in [0.25, 0.3) is 20.2 Å². The van der Waals surface area contributed by atoms with Gasteiger partial charge in [0, 0.05) is 13.2 Å². The van der Waals surface area contributed by atoms with Crippen molar-refractivity contribution in [2.45, 2.75) is 12.8 Å². The van der Waals surface area contributed by atoms with Crippen molar-refractivity contribution in [3.8, 4) is 0 Å². The van der Waals surface area contributed by atoms with Gasteiger partial charge >= 0.3 is 104 Å². The molecule has 0 bridgehead atoms. The number of hydrogen-bond donors (Lipinski definition) is 2. The third-order valence-electron chi connectivity index (χ3n) is 2.63. The zero-order valence-corrected chi connectivity index (χ0v) is 21.7. The Morgan fingerprint density at radius 1 is 0.880 bits per heavy atom. The van der Waals surface area contributed by atoms with E-state index in [4.69, 9.17) is 13.8 Å². The summed E-state index contributed by atoms with van der Waals surface area (Å²) in [7, 11) is -7.91. The van der Waals surface area contributed by atoms with E-state index in [1.165, 1.54) is 11.8 Å². The molecule has 7 nitrogen and oxygen atoms in total. The summed E-state index contributed by atoms with van der Waals surface area (Å²) in [5.74, 6) is -0.767. The van der Waals surface area contributed by atoms with Gasteiger partial charge in [0.15, 0.2) is 0 Å². The first-order chi connectivity index (χ1) is 11.3. The van der Waals surface area contributed by atoms with Crippen LogP contribution < -0.4 is 2.81 Å². The van der Waals surface area contributed by atoms with Crippen molar-refractivity contribution in [3.05, 3.63) is 25.6 Å². The van der Waals surface area contributed by atoms with Crippen LogP contribution in [-0.2, 0) is 25.0 Å². The standard InChI is InChI=1S/C6H2Br3.C6H14O7S2.Na/c7-4-1-5(8)3-6(9)2-4;7-14(8,9)5-1-3-13-4-2-6-15(10,11)12;/h1-2H;1-6H2,(H,7,8,9)(H,10,11,12);. The van der Waals surface area contributed by atoms with Gasteiger partial charge in [-0.2, -0.15) is 16.8 Å². The quantitative estimate of drug-likeness (QED) is 0.268. The van der Waals surface area contributed by atoms with Gasteiger partial charge in [-0.05, 0) is 12.8 Å². The molecule has 0 aliphatic heterocycles. The monoisotopic (exact) mass is 596 g/mol. The average Bonchev–Trinajstić information content (AvgIpc) is 2.42. The van der Waals surface area contributed by atoms with Crippen molar-refractivity contribution >= 4 is 98.8 Å². The number of halogens is 3. The van der Waals surface area contributed by atoms with Crippen LogP contribution >= 0.6 is 47.8 Å². The van der Waals surface area contributed by atoms with Crippen LogP contribution in [0.4, 0.5) is 0 Å². The van der Waals surface area contributed by atoms with Crippen LogP contribution in [0.15, 0.2) is 25.6 Å². The summed E-state index contributed by atoms with van der Waals surface area (Å²) >= 11 is 11.4. The van der Waals surface area contributed by atoms with E-state index in [0.717, 1.165) is 32.4 Å². The molecule has 13 heteroatoms. The summed E-state index contributed by atoms with van der Waals surface area (Å²) in [5, 5.41) is 0. The first-order valence-corrected chi connectivity index (χ1v) is 13.5. The van der Waals surface area contributed by atoms with E-state index in [2.05, 4.69) is 59.9 Å². The fraction of sp³-hybridized carbons (Fsp3) is 0.500. The summed E-state index contributed by atoms with van der Waals surface area (Å²) in [5.41, 5.74) is 0. The minimum atomic E-state index is -3.96. The normalized spacial score (nSPS) is 11.8. The molecule has 0 amide bonds. The van der Waals surface area contributed by atoms with E-state index in [-0.39, 0.29) is 37.6 Å². The third-order valence-corrected chi connectivity index (χ3v) is 8.88. The molecule has 0 heterocycles. The fourth-order valence-corrected chi connectivity index (χ4v) is 4.92. The first kappa shape index (κ1) is 26.4. The molecular weight excluding hydrogens is 583 g/mol. The van der Waals surface area contributed by atoms with Crippen molar-refractivity contribution in [2.24, 2.45) is 0 Å². The Balaban J connectivity index is 0.000000496. The zero-order valence-electron chi connectivity index (χ0n) is 13.3. The van der Waals surface area contributed by atoms with Gasteiger partial charge in [-0.3, -0.25) is 9.11 Å². The molecule has 0 aromatic heterocycles. The van der Waals surface area contributed by atoms with Crippen LogP contribution in [0.1, 0.15) is 12.8 Å². The first-order valence-electron chi connectivity index (χ1n) is 6.91. The molecule has 140 valence electrons. The van der Waals surface area contributed by atoms with Crippen molar-refractivity contribution < 1.29 is 30.7 Å². The van der Waals surface area contributed by atoms with Gasteiger partial charge in [0.1, 0.15) is 0 Å². The predicted octanol–water partition coefficient (Wildman–Crippen LogP) is 2.33. The Morgan fingerprint density at radius 2 is 1.24 bits per heavy atom. The molecule has 1 aromatic carbocycles. The molecule has 25 heavy (non-hydrogen) atoms. The topological polar surface area (TPSA) is 118 Å². The van der Waals surface area contributed by atoms with E-state index >= 15 is 0 Å². The van der Waals surface area contributed by atoms with Crippen molar-refractivity contribution in [2.75, 3.05) is 24.7 Å². The third kappa shape index (κ3) is 16.1. The van der Waals surface area contributed by atoms with E-state index in [9.17, 15) is 16.8 Å². The molecule has 2 N–H and O–H groups in total. The number of hydrogen-bond acceptors (Lipinski definition) is 5. The van der Waals surface area contributed by atoms with E-state index in [1.54, 1.807) is 0 Å². The molecule has 0 unspecified atom stereocenters. The van der Waals surface area contributed by atoms with Crippen LogP contribution in [0.5, 0.6) is 0 Å². The van der Waals surface area contributed by atoms with Crippen LogP contribution in [0.2, 0.25) is 0 Å². The molecule has 0 aliphatic carbocycles. The molecule has 0 atom stereocenters. The van der Waals surface area contributed by atoms with Crippen LogP contribution in [0.25, 0.3) is 0 Å². The van der Waals surface area contributed by atoms with Crippen molar-refractivity contribution in [1.82, 2.24) is 0 Å². The van der Waals surface area contributed by atoms with Crippen molar-refractivity contribution in [1.29, 1.82) is 0 Å². The predicted molar refractivity (Wildman–Crippen MR) is 108 cm³/mol. The van der Waals surface area contributed by atoms with Crippen LogP contribution in [0.3, 0.4) is 0 Å². The van der Waals surface area contributed by atoms with E-state index < -0.39 is 20.2 Å². The Hall–Kier alpha value is 1.44. The molecular formula is C12H16Br3NaO7S2. The van der Waals surface area contributed by atoms with Gasteiger partial charge in [-0.15, -0.1) is 0 Å². The van der Waals surface area contributed by atoms with Gasteiger partial charge in [0.05, 0.1) is 11.5 Å². The molecule has 0 saturated heterocycles. The summed E-state index contributed by atoms with van der Waals surface area (Å²) in [6, 6.07) is 4.13. The maximum absolute atomic E-state index is 10.2. The second kappa shape index (κ2) is 12.8. The Bertz CT molecular complexity index is 695. The summed E-state index contributed by atoms with van der Waals surface area (Å²) in [6.07, 6.45) is 0.287. The Morgan fingerprint density at radius 3 is 1.56 bits per heavy atom. The van der Waals surface area contributed by atoms with Gasteiger partial charge in [-0.1, -0.05) is 0 Å². The molecule has 0 radical (unpaired) electrons. The second-order valence-electron chi connectivity index (χ2n) is 4.89. The Labute approximate surface area is 190 Å². The summed E-state index contributed by atoms with van der Waals surface area (Å²) < 4.78 is 67.3. The second-order valence-corrected chi connectivity index (χ2v) is 11.7. The molecule has 0 spiro atoms. The van der Waals surface area contributed by atoms with E-state index in [0.29, 0.717) is 0 Å². The molecule has 0 fully saturated rings. The van der Waals surface area contributed by atoms with Crippen molar-refractivity contribution in [3.63, 3.8) is 0 Å². The van der Waals surface area contributed by atoms with E-state index in [1.807, 2.05) is 0 Å². The summed E-state index contributed by atoms with van der Waals surface area (Å²) in [4.78, 5) is 0. The van der Waals surface area contributed by atoms with Gasteiger partial charge in [0.2, 0.25) is 0 Å². The van der Waals surface area contributed by atoms with Gasteiger partial charge < -0.3 is 4.74 Å². The number of ether oxygens (including phenoxy) is 1. The maximum atomic E-state index is 10.2. The number of benzene rings is 1. The molecule has 1 rings (SSSR count). The SMILES string of the molecule is O=S(=O)(O)CCCOCCCS(=O)(=O)O.[Na][c]1c(Br)cc(Br)cc1Br. The number of rotatable bonds is 8. The molecule has 1 aromatic rings. The average molecular weight is 599 g/mol.